The van der Waals surface area contributed by atoms with Gasteiger partial charge in [0.2, 0.25) is 11.8 Å². The maximum atomic E-state index is 13.3. The Balaban J connectivity index is 2.11. The van der Waals surface area contributed by atoms with Crippen LogP contribution in [0.25, 0.3) is 0 Å². The lowest BCUT2D eigenvalue weighted by atomic mass is 9.77. The van der Waals surface area contributed by atoms with E-state index in [1.165, 1.54) is 19.2 Å². The predicted molar refractivity (Wildman–Crippen MR) is 91.3 cm³/mol. The highest BCUT2D eigenvalue weighted by atomic mass is 19.1. The van der Waals surface area contributed by atoms with Crippen LogP contribution in [0.1, 0.15) is 38.3 Å². The maximum absolute atomic E-state index is 13.3. The normalized spacial score (nSPS) is 30.6. The van der Waals surface area contributed by atoms with Crippen molar-refractivity contribution in [2.24, 2.45) is 11.8 Å². The number of nitrogens with one attached hydrogen (secondary N) is 1. The van der Waals surface area contributed by atoms with Crippen LogP contribution >= 0.6 is 0 Å². The van der Waals surface area contributed by atoms with Crippen molar-refractivity contribution in [3.8, 4) is 0 Å². The van der Waals surface area contributed by atoms with Crippen LogP contribution in [-0.2, 0) is 19.1 Å². The van der Waals surface area contributed by atoms with Crippen LogP contribution in [0.2, 0.25) is 0 Å². The van der Waals surface area contributed by atoms with Gasteiger partial charge in [-0.2, -0.15) is 0 Å². The molecule has 2 aliphatic heterocycles. The number of hydrogen-bond donors (Lipinski definition) is 1. The second-order valence-corrected chi connectivity index (χ2v) is 6.85. The van der Waals surface area contributed by atoms with E-state index in [2.05, 4.69) is 5.32 Å². The molecule has 2 heterocycles. The van der Waals surface area contributed by atoms with E-state index >= 15 is 0 Å². The molecule has 2 fully saturated rings. The zero-order chi connectivity index (χ0) is 19.1. The quantitative estimate of drug-likeness (QED) is 0.639. The molecule has 0 radical (unpaired) electrons. The van der Waals surface area contributed by atoms with Gasteiger partial charge in [0, 0.05) is 13.1 Å². The molecule has 1 aromatic rings. The average Bonchev–Trinajstić information content (AvgIpc) is 3.07. The van der Waals surface area contributed by atoms with Gasteiger partial charge in [-0.05, 0) is 31.0 Å². The number of hydrogen-bond acceptors (Lipinski definition) is 5. The molecule has 0 spiro atoms. The van der Waals surface area contributed by atoms with E-state index in [4.69, 9.17) is 4.74 Å². The topological polar surface area (TPSA) is 75.7 Å². The van der Waals surface area contributed by atoms with E-state index in [1.807, 2.05) is 6.92 Å². The SMILES string of the molecule is CCC[C@]1(C(=O)OCC)N[C@H](c2ccc(F)cc2)[C@@H]2C(=O)N(C)C(=O)[C@@H]21. The minimum atomic E-state index is -1.26. The van der Waals surface area contributed by atoms with Crippen molar-refractivity contribution < 1.29 is 23.5 Å². The molecular formula is C19H23FN2O4. The molecule has 0 saturated carbocycles. The minimum Gasteiger partial charge on any atom is -0.465 e. The summed E-state index contributed by atoms with van der Waals surface area (Å²) in [7, 11) is 1.44. The van der Waals surface area contributed by atoms with Crippen molar-refractivity contribution >= 4 is 17.8 Å². The molecule has 140 valence electrons. The molecule has 3 rings (SSSR count). The average molecular weight is 362 g/mol. The standard InChI is InChI=1S/C19H23FN2O4/c1-4-10-19(18(25)26-5-2)14-13(16(23)22(3)17(14)24)15(21-19)11-6-8-12(20)9-7-11/h6-9,13-15,21H,4-5,10H2,1-3H3/t13-,14-,15-,19+/m1/s1. The number of ether oxygens (including phenoxy) is 1. The van der Waals surface area contributed by atoms with E-state index in [0.29, 0.717) is 18.4 Å². The molecule has 7 heteroatoms. The summed E-state index contributed by atoms with van der Waals surface area (Å²) in [5.74, 6) is -3.15. The molecule has 0 aromatic heterocycles. The van der Waals surface area contributed by atoms with Gasteiger partial charge in [-0.15, -0.1) is 0 Å². The van der Waals surface area contributed by atoms with E-state index in [1.54, 1.807) is 19.1 Å². The van der Waals surface area contributed by atoms with Crippen molar-refractivity contribution in [1.29, 1.82) is 0 Å². The molecular weight excluding hydrogens is 339 g/mol. The Morgan fingerprint density at radius 3 is 2.46 bits per heavy atom. The van der Waals surface area contributed by atoms with Gasteiger partial charge < -0.3 is 4.74 Å². The lowest BCUT2D eigenvalue weighted by Gasteiger charge is -2.32. The Morgan fingerprint density at radius 1 is 1.23 bits per heavy atom. The number of benzene rings is 1. The summed E-state index contributed by atoms with van der Waals surface area (Å²) in [5, 5.41) is 3.24. The van der Waals surface area contributed by atoms with Crippen LogP contribution in [0.4, 0.5) is 4.39 Å². The van der Waals surface area contributed by atoms with E-state index in [-0.39, 0.29) is 24.2 Å². The highest BCUT2D eigenvalue weighted by molar-refractivity contribution is 6.09. The van der Waals surface area contributed by atoms with Crippen molar-refractivity contribution in [2.75, 3.05) is 13.7 Å². The fourth-order valence-corrected chi connectivity index (χ4v) is 4.28. The predicted octanol–water partition coefficient (Wildman–Crippen LogP) is 1.80. The molecule has 6 nitrogen and oxygen atoms in total. The first kappa shape index (κ1) is 18.5. The van der Waals surface area contributed by atoms with Gasteiger partial charge in [-0.1, -0.05) is 25.5 Å². The third kappa shape index (κ3) is 2.61. The summed E-state index contributed by atoms with van der Waals surface area (Å²) in [6, 6.07) is 5.21. The first-order chi connectivity index (χ1) is 12.4. The second kappa shape index (κ2) is 6.79. The number of likely N-dealkylation sites (tertiary alicyclic amines) is 1. The van der Waals surface area contributed by atoms with E-state index < -0.39 is 29.4 Å². The zero-order valence-corrected chi connectivity index (χ0v) is 15.1. The Kier molecular flexibility index (Phi) is 4.84. The van der Waals surface area contributed by atoms with Crippen molar-refractivity contribution in [2.45, 2.75) is 38.3 Å². The molecule has 1 N–H and O–H groups in total. The van der Waals surface area contributed by atoms with Gasteiger partial charge >= 0.3 is 5.97 Å². The summed E-state index contributed by atoms with van der Waals surface area (Å²) in [6.45, 7) is 3.80. The molecule has 0 unspecified atom stereocenters. The molecule has 26 heavy (non-hydrogen) atoms. The third-order valence-electron chi connectivity index (χ3n) is 5.39. The monoisotopic (exact) mass is 362 g/mol. The third-order valence-corrected chi connectivity index (χ3v) is 5.39. The Hall–Kier alpha value is -2.28. The van der Waals surface area contributed by atoms with Gasteiger partial charge in [0.25, 0.3) is 0 Å². The number of imide groups is 1. The Bertz CT molecular complexity index is 736. The number of esters is 1. The van der Waals surface area contributed by atoms with Crippen LogP contribution in [0.15, 0.2) is 24.3 Å². The summed E-state index contributed by atoms with van der Waals surface area (Å²) in [4.78, 5) is 39.5. The molecule has 1 aromatic carbocycles. The first-order valence-corrected chi connectivity index (χ1v) is 8.89. The summed E-state index contributed by atoms with van der Waals surface area (Å²) >= 11 is 0. The Labute approximate surface area is 151 Å². The van der Waals surface area contributed by atoms with Crippen LogP contribution in [0.5, 0.6) is 0 Å². The van der Waals surface area contributed by atoms with Crippen molar-refractivity contribution in [3.63, 3.8) is 0 Å². The van der Waals surface area contributed by atoms with Crippen LogP contribution in [0.3, 0.4) is 0 Å². The second-order valence-electron chi connectivity index (χ2n) is 6.85. The van der Waals surface area contributed by atoms with Crippen LogP contribution in [0, 0.1) is 17.7 Å². The number of rotatable bonds is 5. The van der Waals surface area contributed by atoms with Gasteiger partial charge in [0.1, 0.15) is 11.4 Å². The van der Waals surface area contributed by atoms with E-state index in [0.717, 1.165) is 4.90 Å². The Morgan fingerprint density at radius 2 is 1.88 bits per heavy atom. The fraction of sp³-hybridized carbons (Fsp3) is 0.526. The largest absolute Gasteiger partial charge is 0.465 e. The molecule has 0 aliphatic carbocycles. The van der Waals surface area contributed by atoms with Gasteiger partial charge in [-0.25, -0.2) is 4.39 Å². The number of halogens is 1. The highest BCUT2D eigenvalue weighted by Crippen LogP contribution is 2.50. The molecule has 2 amide bonds. The maximum Gasteiger partial charge on any atom is 0.327 e. The number of carbonyl (C=O) groups excluding carboxylic acids is 3. The number of amides is 2. The molecule has 0 bridgehead atoms. The number of carbonyl (C=O) groups is 3. The molecule has 4 atom stereocenters. The van der Waals surface area contributed by atoms with Gasteiger partial charge in [-0.3, -0.25) is 24.6 Å². The van der Waals surface area contributed by atoms with Crippen LogP contribution in [-0.4, -0.2) is 41.9 Å². The first-order valence-electron chi connectivity index (χ1n) is 8.89. The summed E-state index contributed by atoms with van der Waals surface area (Å²) in [5.41, 5.74) is -0.591. The number of nitrogens with zero attached hydrogens (tertiary/aromatic N) is 1. The van der Waals surface area contributed by atoms with Crippen molar-refractivity contribution in [3.05, 3.63) is 35.6 Å². The lowest BCUT2D eigenvalue weighted by Crippen LogP contribution is -2.56. The van der Waals surface area contributed by atoms with Crippen LogP contribution < -0.4 is 5.32 Å². The lowest BCUT2D eigenvalue weighted by molar-refractivity contribution is -0.156. The van der Waals surface area contributed by atoms with Gasteiger partial charge in [0.05, 0.1) is 18.4 Å². The fourth-order valence-electron chi connectivity index (χ4n) is 4.28. The summed E-state index contributed by atoms with van der Waals surface area (Å²) < 4.78 is 18.6. The minimum absolute atomic E-state index is 0.183. The zero-order valence-electron chi connectivity index (χ0n) is 15.1. The van der Waals surface area contributed by atoms with Crippen molar-refractivity contribution in [1.82, 2.24) is 10.2 Å². The smallest absolute Gasteiger partial charge is 0.327 e. The van der Waals surface area contributed by atoms with Gasteiger partial charge in [0.15, 0.2) is 0 Å². The number of fused-ring (bicyclic) bond motifs is 1. The molecule has 2 saturated heterocycles. The highest BCUT2D eigenvalue weighted by Gasteiger charge is 2.67. The summed E-state index contributed by atoms with van der Waals surface area (Å²) in [6.07, 6.45) is 1.01. The van der Waals surface area contributed by atoms with E-state index in [9.17, 15) is 18.8 Å². The molecule has 2 aliphatic rings.